The smallest absolute Gasteiger partial charge is 0.0616 e. The van der Waals surface area contributed by atoms with Gasteiger partial charge in [-0.15, -0.1) is 11.8 Å². The van der Waals surface area contributed by atoms with Crippen LogP contribution in [0.25, 0.3) is 0 Å². The number of nitrogen functional groups attached to an aromatic ring is 1. The lowest BCUT2D eigenvalue weighted by atomic mass is 9.97. The minimum atomic E-state index is 0.123. The molecule has 25 heavy (non-hydrogen) atoms. The number of rotatable bonds is 6. The van der Waals surface area contributed by atoms with E-state index in [9.17, 15) is 0 Å². The fourth-order valence-corrected chi connectivity index (χ4v) is 3.65. The Hall–Kier alpha value is -2.19. The van der Waals surface area contributed by atoms with Crippen LogP contribution in [0.3, 0.4) is 0 Å². The van der Waals surface area contributed by atoms with Crippen LogP contribution >= 0.6 is 11.8 Å². The third-order valence-corrected chi connectivity index (χ3v) is 4.87. The molecule has 0 saturated heterocycles. The van der Waals surface area contributed by atoms with E-state index in [0.717, 1.165) is 16.2 Å². The first-order valence-corrected chi connectivity index (χ1v) is 9.47. The van der Waals surface area contributed by atoms with Crippen LogP contribution < -0.4 is 5.73 Å². The summed E-state index contributed by atoms with van der Waals surface area (Å²) in [4.78, 5) is 0.985. The second-order valence-corrected chi connectivity index (χ2v) is 6.78. The molecule has 0 bridgehead atoms. The number of hydrogen-bond acceptors (Lipinski definition) is 2. The molecule has 2 rings (SSSR count). The molecule has 0 saturated carbocycles. The summed E-state index contributed by atoms with van der Waals surface area (Å²) in [5.41, 5.74) is 12.0. The van der Waals surface area contributed by atoms with Gasteiger partial charge in [-0.1, -0.05) is 81.1 Å². The van der Waals surface area contributed by atoms with Crippen molar-refractivity contribution >= 4 is 17.4 Å². The summed E-state index contributed by atoms with van der Waals surface area (Å²) < 4.78 is 0. The van der Waals surface area contributed by atoms with Crippen molar-refractivity contribution in [2.24, 2.45) is 0 Å². The molecule has 1 atom stereocenters. The van der Waals surface area contributed by atoms with E-state index in [1.165, 1.54) is 16.7 Å². The first kappa shape index (κ1) is 20.9. The molecule has 0 heterocycles. The molecule has 2 heteroatoms. The minimum absolute atomic E-state index is 0.123. The van der Waals surface area contributed by atoms with Crippen molar-refractivity contribution in [3.63, 3.8) is 0 Å². The van der Waals surface area contributed by atoms with Gasteiger partial charge in [0.15, 0.2) is 0 Å². The molecule has 0 aliphatic carbocycles. The molecule has 0 radical (unpaired) electrons. The van der Waals surface area contributed by atoms with Gasteiger partial charge in [0.05, 0.1) is 5.25 Å². The van der Waals surface area contributed by atoms with E-state index in [2.05, 4.69) is 57.3 Å². The Labute approximate surface area is 157 Å². The van der Waals surface area contributed by atoms with Crippen LogP contribution in [0.5, 0.6) is 0 Å². The summed E-state index contributed by atoms with van der Waals surface area (Å²) in [7, 11) is 0. The van der Waals surface area contributed by atoms with Crippen LogP contribution in [0.2, 0.25) is 0 Å². The van der Waals surface area contributed by atoms with E-state index in [0.29, 0.717) is 0 Å². The van der Waals surface area contributed by atoms with Crippen LogP contribution in [0.1, 0.15) is 41.4 Å². The number of anilines is 1. The van der Waals surface area contributed by atoms with E-state index in [-0.39, 0.29) is 5.25 Å². The number of hydrogen-bond donors (Lipinski definition) is 1. The zero-order valence-corrected chi connectivity index (χ0v) is 16.6. The summed E-state index contributed by atoms with van der Waals surface area (Å²) in [5.74, 6) is 0. The second kappa shape index (κ2) is 10.6. The predicted octanol–water partition coefficient (Wildman–Crippen LogP) is 6.99. The highest BCUT2D eigenvalue weighted by molar-refractivity contribution is 8.03. The van der Waals surface area contributed by atoms with Crippen molar-refractivity contribution in [3.8, 4) is 0 Å². The summed E-state index contributed by atoms with van der Waals surface area (Å²) in [5, 5.41) is 0.123. The van der Waals surface area contributed by atoms with Crippen LogP contribution in [-0.2, 0) is 0 Å². The van der Waals surface area contributed by atoms with Crippen LogP contribution in [0, 0.1) is 13.8 Å². The lowest BCUT2D eigenvalue weighted by molar-refractivity contribution is 1.12. The van der Waals surface area contributed by atoms with E-state index < -0.39 is 0 Å². The van der Waals surface area contributed by atoms with Gasteiger partial charge in [0.25, 0.3) is 0 Å². The Morgan fingerprint density at radius 1 is 1.08 bits per heavy atom. The molecule has 0 fully saturated rings. The molecule has 1 nitrogen and oxygen atoms in total. The van der Waals surface area contributed by atoms with E-state index in [4.69, 9.17) is 5.73 Å². The predicted molar refractivity (Wildman–Crippen MR) is 116 cm³/mol. The van der Waals surface area contributed by atoms with Crippen molar-refractivity contribution in [2.45, 2.75) is 32.9 Å². The number of allylic oxidation sites excluding steroid dienone is 3. The average Bonchev–Trinajstić information content (AvgIpc) is 2.62. The fraction of sp³-hybridized carbons (Fsp3) is 0.217. The van der Waals surface area contributed by atoms with E-state index >= 15 is 0 Å². The SMILES string of the molecule is C=C/C=C\C(=C)SC(c1ccccc1C)c1cc(C)ccc1N.CC. The molecular formula is C23H29NS. The average molecular weight is 352 g/mol. The zero-order chi connectivity index (χ0) is 18.8. The van der Waals surface area contributed by atoms with E-state index in [1.54, 1.807) is 17.8 Å². The highest BCUT2D eigenvalue weighted by Gasteiger charge is 2.20. The van der Waals surface area contributed by atoms with Crippen LogP contribution in [0.4, 0.5) is 5.69 Å². The number of benzene rings is 2. The monoisotopic (exact) mass is 351 g/mol. The summed E-state index contributed by atoms with van der Waals surface area (Å²) >= 11 is 1.72. The number of nitrogens with two attached hydrogens (primary N) is 1. The Kier molecular flexibility index (Phi) is 8.87. The first-order valence-electron chi connectivity index (χ1n) is 8.59. The molecule has 2 aromatic carbocycles. The Morgan fingerprint density at radius 2 is 1.76 bits per heavy atom. The third-order valence-electron chi connectivity index (χ3n) is 3.68. The number of aryl methyl sites for hydroxylation is 2. The second-order valence-electron chi connectivity index (χ2n) is 5.55. The van der Waals surface area contributed by atoms with Crippen molar-refractivity contribution < 1.29 is 0 Å². The van der Waals surface area contributed by atoms with Gasteiger partial charge in [-0.2, -0.15) is 0 Å². The molecule has 1 unspecified atom stereocenters. The molecule has 0 spiro atoms. The maximum atomic E-state index is 6.28. The van der Waals surface area contributed by atoms with Gasteiger partial charge in [0.1, 0.15) is 0 Å². The maximum absolute atomic E-state index is 6.28. The minimum Gasteiger partial charge on any atom is -0.398 e. The largest absolute Gasteiger partial charge is 0.398 e. The lowest BCUT2D eigenvalue weighted by Gasteiger charge is -2.22. The van der Waals surface area contributed by atoms with Crippen molar-refractivity contribution in [1.29, 1.82) is 0 Å². The van der Waals surface area contributed by atoms with E-state index in [1.807, 2.05) is 38.1 Å². The molecule has 0 aliphatic heterocycles. The maximum Gasteiger partial charge on any atom is 0.0616 e. The molecule has 0 aromatic heterocycles. The normalized spacial score (nSPS) is 11.5. The molecular weight excluding hydrogens is 322 g/mol. The van der Waals surface area contributed by atoms with Gasteiger partial charge in [0.2, 0.25) is 0 Å². The summed E-state index contributed by atoms with van der Waals surface area (Å²) in [6.07, 6.45) is 5.65. The quantitative estimate of drug-likeness (QED) is 0.448. The van der Waals surface area contributed by atoms with Crippen molar-refractivity contribution in [1.82, 2.24) is 0 Å². The highest BCUT2D eigenvalue weighted by Crippen LogP contribution is 2.43. The topological polar surface area (TPSA) is 26.0 Å². The third kappa shape index (κ3) is 5.99. The number of thioether (sulfide) groups is 1. The van der Waals surface area contributed by atoms with Gasteiger partial charge in [0, 0.05) is 10.6 Å². The Morgan fingerprint density at radius 3 is 2.40 bits per heavy atom. The molecule has 132 valence electrons. The van der Waals surface area contributed by atoms with Gasteiger partial charge in [-0.25, -0.2) is 0 Å². The standard InChI is InChI=1S/C21H23NS.C2H6/c1-5-6-10-17(4)23-21(18-11-8-7-9-16(18)3)19-14-15(2)12-13-20(19)22;1-2/h5-14,21H,1,4,22H2,2-3H3;1-2H3/b10-6-;. The highest BCUT2D eigenvalue weighted by atomic mass is 32.2. The summed E-state index contributed by atoms with van der Waals surface area (Å²) in [6.45, 7) is 16.1. The Balaban J connectivity index is 0.00000151. The van der Waals surface area contributed by atoms with Gasteiger partial charge in [-0.3, -0.25) is 0 Å². The van der Waals surface area contributed by atoms with Gasteiger partial charge in [-0.05, 0) is 42.7 Å². The molecule has 2 N–H and O–H groups in total. The summed E-state index contributed by atoms with van der Waals surface area (Å²) in [6, 6.07) is 14.6. The first-order chi connectivity index (χ1) is 12.0. The van der Waals surface area contributed by atoms with Crippen LogP contribution in [-0.4, -0.2) is 0 Å². The fourth-order valence-electron chi connectivity index (χ4n) is 2.46. The van der Waals surface area contributed by atoms with Crippen molar-refractivity contribution in [3.05, 3.63) is 101 Å². The zero-order valence-electron chi connectivity index (χ0n) is 15.8. The lowest BCUT2D eigenvalue weighted by Crippen LogP contribution is -2.04. The molecule has 0 aliphatic rings. The molecule has 0 amide bonds. The van der Waals surface area contributed by atoms with Gasteiger partial charge < -0.3 is 5.73 Å². The van der Waals surface area contributed by atoms with Crippen molar-refractivity contribution in [2.75, 3.05) is 5.73 Å². The van der Waals surface area contributed by atoms with Crippen LogP contribution in [0.15, 0.2) is 78.8 Å². The Bertz CT molecular complexity index is 744. The van der Waals surface area contributed by atoms with Gasteiger partial charge >= 0.3 is 0 Å². The molecule has 2 aromatic rings.